The zero-order chi connectivity index (χ0) is 69.5. The lowest BCUT2D eigenvalue weighted by atomic mass is 10.1. The van der Waals surface area contributed by atoms with Crippen LogP contribution in [-0.4, -0.2) is 277 Å². The zero-order valence-electron chi connectivity index (χ0n) is 56.4. The third-order valence-electron chi connectivity index (χ3n) is 15.6. The van der Waals surface area contributed by atoms with E-state index in [-0.39, 0.29) is 48.5 Å². The summed E-state index contributed by atoms with van der Waals surface area (Å²) >= 11 is 12.7. The number of hydrogen-bond donors (Lipinski definition) is 6. The Kier molecular flexibility index (Phi) is 35.0. The molecule has 0 spiro atoms. The number of fused-ring (bicyclic) bond motifs is 2. The molecule has 0 aliphatic carbocycles. The van der Waals surface area contributed by atoms with Gasteiger partial charge in [-0.25, -0.2) is 19.9 Å². The Bertz CT molecular complexity index is 3210. The molecule has 4 heterocycles. The van der Waals surface area contributed by atoms with Crippen molar-refractivity contribution in [2.45, 2.75) is 12.8 Å². The van der Waals surface area contributed by atoms with Crippen molar-refractivity contribution in [2.24, 2.45) is 32.9 Å². The average molecular weight is 1420 g/mol. The van der Waals surface area contributed by atoms with Gasteiger partial charge in [0.25, 0.3) is 11.9 Å². The number of anilines is 2. The van der Waals surface area contributed by atoms with Crippen molar-refractivity contribution < 1.29 is 61.7 Å². The molecule has 0 bridgehead atoms. The van der Waals surface area contributed by atoms with E-state index < -0.39 is 0 Å². The maximum absolute atomic E-state index is 12.2. The maximum Gasteiger partial charge on any atom is 0.253 e. The molecule has 29 nitrogen and oxygen atoms in total. The molecule has 2 amide bonds. The molecule has 99 heavy (non-hydrogen) atoms. The van der Waals surface area contributed by atoms with Gasteiger partial charge in [0.05, 0.1) is 168 Å². The lowest BCUT2D eigenvalue weighted by Crippen LogP contribution is -2.47. The van der Waals surface area contributed by atoms with Gasteiger partial charge in [0.1, 0.15) is 0 Å². The van der Waals surface area contributed by atoms with Crippen molar-refractivity contribution in [2.75, 3.05) is 234 Å². The SMILES string of the molecule is NC(N)=Nc1nc(-c2cccc(N3CCN(CCOCCOCCOCCNC(=O)CCOCCOCCOCCOCCOCCC(=O)NCCOCCOCCOCCN4CCN(c5cccc(-c6nc(N=C(N)N)nc7ccc(Cl)cc67)c5)CC4)CC3)c2)c2cc(Cl)ccc2n1. The molecular weight excluding hydrogens is 1320 g/mol. The van der Waals surface area contributed by atoms with E-state index in [0.717, 1.165) is 98.7 Å². The third kappa shape index (κ3) is 29.1. The molecular formula is C68H96Cl2N16O13. The van der Waals surface area contributed by atoms with Crippen LogP contribution in [0.3, 0.4) is 0 Å². The summed E-state index contributed by atoms with van der Waals surface area (Å²) in [5.41, 5.74) is 29.4. The Morgan fingerprint density at radius 2 is 0.717 bits per heavy atom. The van der Waals surface area contributed by atoms with Crippen molar-refractivity contribution in [3.8, 4) is 22.5 Å². The number of nitrogens with two attached hydrogens (primary N) is 4. The number of ether oxygens (including phenoxy) is 11. The van der Waals surface area contributed by atoms with Gasteiger partial charge in [-0.1, -0.05) is 47.5 Å². The Morgan fingerprint density at radius 1 is 0.394 bits per heavy atom. The van der Waals surface area contributed by atoms with E-state index in [2.05, 4.69) is 84.4 Å². The minimum atomic E-state index is -0.113. The molecule has 2 fully saturated rings. The Morgan fingerprint density at radius 3 is 1.06 bits per heavy atom. The van der Waals surface area contributed by atoms with E-state index in [4.69, 9.17) is 98.2 Å². The van der Waals surface area contributed by atoms with Crippen LogP contribution in [-0.2, 0) is 61.7 Å². The van der Waals surface area contributed by atoms with Gasteiger partial charge in [0.2, 0.25) is 11.8 Å². The van der Waals surface area contributed by atoms with Gasteiger partial charge in [0.15, 0.2) is 11.9 Å². The highest BCUT2D eigenvalue weighted by molar-refractivity contribution is 6.31. The van der Waals surface area contributed by atoms with Gasteiger partial charge < -0.3 is 95.5 Å². The normalized spacial score (nSPS) is 13.7. The highest BCUT2D eigenvalue weighted by Crippen LogP contribution is 2.34. The second-order valence-electron chi connectivity index (χ2n) is 22.8. The van der Waals surface area contributed by atoms with E-state index >= 15 is 0 Å². The Labute approximate surface area is 588 Å². The minimum absolute atomic E-state index is 0.109. The van der Waals surface area contributed by atoms with E-state index in [1.165, 1.54) is 0 Å². The second-order valence-corrected chi connectivity index (χ2v) is 23.7. The molecule has 540 valence electrons. The summed E-state index contributed by atoms with van der Waals surface area (Å²) in [5, 5.41) is 8.47. The molecule has 4 aromatic carbocycles. The van der Waals surface area contributed by atoms with Crippen molar-refractivity contribution in [1.82, 2.24) is 40.4 Å². The lowest BCUT2D eigenvalue weighted by molar-refractivity contribution is -0.123. The largest absolute Gasteiger partial charge is 0.379 e. The van der Waals surface area contributed by atoms with Crippen LogP contribution >= 0.6 is 23.2 Å². The second kappa shape index (κ2) is 44.8. The van der Waals surface area contributed by atoms with E-state index in [1.54, 1.807) is 12.1 Å². The summed E-state index contributed by atoms with van der Waals surface area (Å²) < 4.78 is 61.8. The number of aliphatic imine (C=N–C) groups is 2. The predicted molar refractivity (Wildman–Crippen MR) is 382 cm³/mol. The molecule has 0 unspecified atom stereocenters. The Hall–Kier alpha value is -7.30. The number of carbonyl (C=O) groups is 2. The number of piperazine rings is 2. The van der Waals surface area contributed by atoms with Crippen LogP contribution in [0.1, 0.15) is 12.8 Å². The average Bonchev–Trinajstić information content (AvgIpc) is 0.791. The number of benzene rings is 4. The fourth-order valence-electron chi connectivity index (χ4n) is 10.6. The molecule has 10 N–H and O–H groups in total. The predicted octanol–water partition coefficient (Wildman–Crippen LogP) is 4.16. The number of halogens is 2. The fourth-order valence-corrected chi connectivity index (χ4v) is 10.9. The van der Waals surface area contributed by atoms with Crippen LogP contribution in [0.25, 0.3) is 44.3 Å². The fraction of sp³-hybridized carbons (Fsp3) is 0.529. The molecule has 2 aliphatic rings. The maximum atomic E-state index is 12.2. The van der Waals surface area contributed by atoms with Gasteiger partial charge in [-0.2, -0.15) is 9.98 Å². The van der Waals surface area contributed by atoms with Gasteiger partial charge in [-0.05, 0) is 60.7 Å². The number of hydrogen-bond acceptors (Lipinski definition) is 23. The topological polar surface area (TPSA) is 353 Å². The molecule has 6 aromatic rings. The number of carbonyl (C=O) groups excluding carboxylic acids is 2. The smallest absolute Gasteiger partial charge is 0.253 e. The highest BCUT2D eigenvalue weighted by Gasteiger charge is 2.21. The van der Waals surface area contributed by atoms with Gasteiger partial charge in [-0.15, -0.1) is 0 Å². The highest BCUT2D eigenvalue weighted by atomic mass is 35.5. The number of nitrogens with one attached hydrogen (secondary N) is 2. The van der Waals surface area contributed by atoms with Crippen LogP contribution in [0, 0.1) is 0 Å². The summed E-state index contributed by atoms with van der Waals surface area (Å²) in [6.45, 7) is 19.1. The first-order chi connectivity index (χ1) is 48.4. The summed E-state index contributed by atoms with van der Waals surface area (Å²) in [4.78, 5) is 60.4. The lowest BCUT2D eigenvalue weighted by Gasteiger charge is -2.36. The first kappa shape index (κ1) is 77.4. The monoisotopic (exact) mass is 1410 g/mol. The molecule has 31 heteroatoms. The summed E-state index contributed by atoms with van der Waals surface area (Å²) in [7, 11) is 0. The molecule has 0 atom stereocenters. The van der Waals surface area contributed by atoms with Crippen LogP contribution in [0.15, 0.2) is 94.9 Å². The first-order valence-corrected chi connectivity index (χ1v) is 34.4. The summed E-state index contributed by atoms with van der Waals surface area (Å²) in [5.74, 6) is -0.0646. The van der Waals surface area contributed by atoms with E-state index in [1.807, 2.05) is 48.5 Å². The standard InChI is InChI=1S/C68H96Cl2N16O13/c69-53-7-9-59-57(49-53)63(79-67(77-59)81-65(71)72)51-3-1-5-55(47-51)85-19-15-83(16-20-85)23-29-93-35-41-97-39-33-91-27-13-75-61(87)11-25-89-31-37-95-43-45-99-46-44-96-38-32-90-26-12-62(88)76-14-28-92-34-40-98-42-36-94-30-24-84-17-21-86(22-18-84)56-6-2-4-52(48-56)64-58-50-54(70)8-10-60(58)78-68(80-64)82-66(73)74/h1-10,47-50H,11-46H2,(H,75,87)(H,76,88)(H4,71,72,77,79,81)(H4,73,74,78,80,82). The number of rotatable bonds is 48. The van der Waals surface area contributed by atoms with Crippen molar-refractivity contribution in [3.05, 3.63) is 95.0 Å². The summed E-state index contributed by atoms with van der Waals surface area (Å²) in [6.07, 6.45) is 0.491. The molecule has 2 saturated heterocycles. The van der Waals surface area contributed by atoms with Gasteiger partial charge in [-0.3, -0.25) is 19.4 Å². The van der Waals surface area contributed by atoms with Crippen molar-refractivity contribution in [1.29, 1.82) is 0 Å². The van der Waals surface area contributed by atoms with Crippen LogP contribution in [0.2, 0.25) is 10.0 Å². The number of nitrogens with zero attached hydrogens (tertiary/aromatic N) is 10. The first-order valence-electron chi connectivity index (χ1n) is 33.6. The third-order valence-corrected chi connectivity index (χ3v) is 16.1. The van der Waals surface area contributed by atoms with Crippen molar-refractivity contribution >= 4 is 92.0 Å². The zero-order valence-corrected chi connectivity index (χ0v) is 57.9. The molecule has 2 aromatic heterocycles. The summed E-state index contributed by atoms with van der Waals surface area (Å²) in [6, 6.07) is 27.5. The molecule has 0 radical (unpaired) electrons. The van der Waals surface area contributed by atoms with E-state index in [9.17, 15) is 9.59 Å². The van der Waals surface area contributed by atoms with Crippen LogP contribution in [0.5, 0.6) is 0 Å². The van der Waals surface area contributed by atoms with Crippen molar-refractivity contribution in [3.63, 3.8) is 0 Å². The van der Waals surface area contributed by atoms with Crippen LogP contribution < -0.4 is 43.4 Å². The van der Waals surface area contributed by atoms with Gasteiger partial charge >= 0.3 is 0 Å². The molecule has 0 saturated carbocycles. The molecule has 2 aliphatic heterocycles. The van der Waals surface area contributed by atoms with Gasteiger partial charge in [0, 0.05) is 135 Å². The number of amides is 2. The quantitative estimate of drug-likeness (QED) is 0.0177. The Balaban J connectivity index is 0.499. The molecule has 8 rings (SSSR count). The van der Waals surface area contributed by atoms with E-state index in [0.29, 0.717) is 191 Å². The number of aromatic nitrogens is 4. The van der Waals surface area contributed by atoms with Crippen LogP contribution in [0.4, 0.5) is 23.3 Å². The minimum Gasteiger partial charge on any atom is -0.379 e. The number of guanidine groups is 2.